The van der Waals surface area contributed by atoms with Gasteiger partial charge in [-0.05, 0) is 61.3 Å². The average Bonchev–Trinajstić information content (AvgIpc) is 2.78. The third-order valence-corrected chi connectivity index (χ3v) is 5.34. The molecule has 1 fully saturated rings. The lowest BCUT2D eigenvalue weighted by atomic mass is 9.97. The maximum absolute atomic E-state index is 11.1. The first kappa shape index (κ1) is 21.7. The Balaban J connectivity index is 1.56. The van der Waals surface area contributed by atoms with Crippen LogP contribution in [0.5, 0.6) is 17.2 Å². The van der Waals surface area contributed by atoms with Crippen LogP contribution in [-0.2, 0) is 4.79 Å². The van der Waals surface area contributed by atoms with Crippen LogP contribution in [0.4, 0.5) is 0 Å². The summed E-state index contributed by atoms with van der Waals surface area (Å²) in [5, 5.41) is 9.10. The van der Waals surface area contributed by atoms with Crippen molar-refractivity contribution in [3.8, 4) is 17.2 Å². The Morgan fingerprint density at radius 3 is 2.23 bits per heavy atom. The van der Waals surface area contributed by atoms with Gasteiger partial charge in [-0.25, -0.2) is 0 Å². The number of carboxylic acids is 1. The molecule has 1 N–H and O–H groups in total. The fraction of sp³-hybridized carbons (Fsp3) is 0.375. The van der Waals surface area contributed by atoms with Crippen LogP contribution < -0.4 is 14.2 Å². The van der Waals surface area contributed by atoms with Crippen molar-refractivity contribution in [1.29, 1.82) is 0 Å². The number of carboxylic acid groups (broad SMARTS) is 1. The first-order valence-electron chi connectivity index (χ1n) is 10.2. The lowest BCUT2D eigenvalue weighted by molar-refractivity contribution is -0.143. The Morgan fingerprint density at radius 1 is 0.967 bits per heavy atom. The van der Waals surface area contributed by atoms with Crippen molar-refractivity contribution in [2.24, 2.45) is 5.92 Å². The molecule has 1 saturated heterocycles. The number of carbonyl (C=O) groups is 1. The van der Waals surface area contributed by atoms with E-state index in [-0.39, 0.29) is 5.92 Å². The highest BCUT2D eigenvalue weighted by molar-refractivity contribution is 5.71. The number of benzene rings is 2. The van der Waals surface area contributed by atoms with Gasteiger partial charge in [0.25, 0.3) is 0 Å². The van der Waals surface area contributed by atoms with Crippen LogP contribution in [0.1, 0.15) is 24.0 Å². The number of methoxy groups -OCH3 is 2. The SMILES string of the molecule is COc1ccc(/C=C/c2cc(OC)cc(OCCN3CCC(C(=O)O)CC3)c2)cc1. The van der Waals surface area contributed by atoms with Crippen molar-refractivity contribution in [3.63, 3.8) is 0 Å². The molecular weight excluding hydrogens is 382 g/mol. The Morgan fingerprint density at radius 2 is 1.60 bits per heavy atom. The second-order valence-corrected chi connectivity index (χ2v) is 7.35. The average molecular weight is 411 g/mol. The van der Waals surface area contributed by atoms with Crippen LogP contribution in [0.15, 0.2) is 42.5 Å². The molecule has 6 heteroatoms. The number of aliphatic carboxylic acids is 1. The highest BCUT2D eigenvalue weighted by atomic mass is 16.5. The minimum Gasteiger partial charge on any atom is -0.497 e. The fourth-order valence-electron chi connectivity index (χ4n) is 3.49. The predicted octanol–water partition coefficient (Wildman–Crippen LogP) is 4.05. The van der Waals surface area contributed by atoms with E-state index in [1.165, 1.54) is 0 Å². The summed E-state index contributed by atoms with van der Waals surface area (Å²) in [5.74, 6) is 1.43. The third-order valence-electron chi connectivity index (χ3n) is 5.34. The van der Waals surface area contributed by atoms with Crippen LogP contribution in [0.25, 0.3) is 12.2 Å². The molecule has 0 unspecified atom stereocenters. The number of nitrogens with zero attached hydrogens (tertiary/aromatic N) is 1. The van der Waals surface area contributed by atoms with Gasteiger partial charge in [0, 0.05) is 12.6 Å². The third kappa shape index (κ3) is 6.26. The Hall–Kier alpha value is -2.99. The van der Waals surface area contributed by atoms with Crippen molar-refractivity contribution >= 4 is 18.1 Å². The van der Waals surface area contributed by atoms with Crippen LogP contribution in [-0.4, -0.2) is 56.4 Å². The van der Waals surface area contributed by atoms with Crippen molar-refractivity contribution in [2.75, 3.05) is 40.5 Å². The van der Waals surface area contributed by atoms with Gasteiger partial charge in [0.15, 0.2) is 0 Å². The summed E-state index contributed by atoms with van der Waals surface area (Å²) >= 11 is 0. The number of ether oxygens (including phenoxy) is 3. The van der Waals surface area contributed by atoms with Crippen LogP contribution in [0.3, 0.4) is 0 Å². The molecule has 160 valence electrons. The van der Waals surface area contributed by atoms with Gasteiger partial charge in [-0.15, -0.1) is 0 Å². The molecule has 0 aromatic heterocycles. The molecule has 0 aliphatic carbocycles. The lowest BCUT2D eigenvalue weighted by Crippen LogP contribution is -2.38. The van der Waals surface area contributed by atoms with Gasteiger partial charge in [0.05, 0.1) is 20.1 Å². The number of hydrogen-bond donors (Lipinski definition) is 1. The van der Waals surface area contributed by atoms with Gasteiger partial charge in [0.2, 0.25) is 0 Å². The molecule has 30 heavy (non-hydrogen) atoms. The summed E-state index contributed by atoms with van der Waals surface area (Å²) in [6.07, 6.45) is 5.46. The smallest absolute Gasteiger partial charge is 0.306 e. The number of hydrogen-bond acceptors (Lipinski definition) is 5. The van der Waals surface area contributed by atoms with Gasteiger partial charge in [-0.2, -0.15) is 0 Å². The summed E-state index contributed by atoms with van der Waals surface area (Å²) in [7, 11) is 3.29. The molecule has 0 spiro atoms. The highest BCUT2D eigenvalue weighted by Gasteiger charge is 2.24. The quantitative estimate of drug-likeness (QED) is 0.628. The first-order chi connectivity index (χ1) is 14.6. The molecule has 1 heterocycles. The van der Waals surface area contributed by atoms with E-state index in [9.17, 15) is 4.79 Å². The van der Waals surface area contributed by atoms with Crippen LogP contribution >= 0.6 is 0 Å². The van der Waals surface area contributed by atoms with Crippen molar-refractivity contribution in [1.82, 2.24) is 4.90 Å². The zero-order valence-electron chi connectivity index (χ0n) is 17.5. The van der Waals surface area contributed by atoms with Gasteiger partial charge < -0.3 is 19.3 Å². The van der Waals surface area contributed by atoms with E-state index >= 15 is 0 Å². The zero-order valence-corrected chi connectivity index (χ0v) is 17.5. The molecule has 3 rings (SSSR count). The van der Waals surface area contributed by atoms with E-state index < -0.39 is 5.97 Å². The van der Waals surface area contributed by atoms with Gasteiger partial charge in [-0.1, -0.05) is 24.3 Å². The van der Waals surface area contributed by atoms with E-state index in [1.54, 1.807) is 14.2 Å². The molecule has 2 aromatic rings. The Bertz CT molecular complexity index is 854. The summed E-state index contributed by atoms with van der Waals surface area (Å²) in [5.41, 5.74) is 2.06. The zero-order chi connectivity index (χ0) is 21.3. The normalized spacial score (nSPS) is 15.3. The summed E-state index contributed by atoms with van der Waals surface area (Å²) in [6, 6.07) is 13.7. The van der Waals surface area contributed by atoms with E-state index in [1.807, 2.05) is 54.6 Å². The van der Waals surface area contributed by atoms with Gasteiger partial charge >= 0.3 is 5.97 Å². The van der Waals surface area contributed by atoms with Crippen LogP contribution in [0.2, 0.25) is 0 Å². The Labute approximate surface area is 177 Å². The summed E-state index contributed by atoms with van der Waals surface area (Å²) in [6.45, 7) is 2.93. The maximum Gasteiger partial charge on any atom is 0.306 e. The highest BCUT2D eigenvalue weighted by Crippen LogP contribution is 2.25. The van der Waals surface area contributed by atoms with E-state index in [0.29, 0.717) is 19.4 Å². The molecular formula is C24H29NO5. The number of likely N-dealkylation sites (tertiary alicyclic amines) is 1. The van der Waals surface area contributed by atoms with E-state index in [0.717, 1.165) is 48.0 Å². The second-order valence-electron chi connectivity index (χ2n) is 7.35. The molecule has 2 aromatic carbocycles. The lowest BCUT2D eigenvalue weighted by Gasteiger charge is -2.29. The minimum absolute atomic E-state index is 0.208. The summed E-state index contributed by atoms with van der Waals surface area (Å²) < 4.78 is 16.6. The van der Waals surface area contributed by atoms with E-state index in [2.05, 4.69) is 4.90 Å². The molecule has 1 aliphatic heterocycles. The maximum atomic E-state index is 11.1. The molecule has 6 nitrogen and oxygen atoms in total. The number of piperidine rings is 1. The predicted molar refractivity (Wildman–Crippen MR) is 117 cm³/mol. The molecule has 0 radical (unpaired) electrons. The Kier molecular flexibility index (Phi) is 7.74. The molecule has 0 atom stereocenters. The molecule has 0 amide bonds. The van der Waals surface area contributed by atoms with Crippen LogP contribution in [0, 0.1) is 5.92 Å². The van der Waals surface area contributed by atoms with Crippen molar-refractivity contribution in [2.45, 2.75) is 12.8 Å². The number of rotatable bonds is 9. The second kappa shape index (κ2) is 10.7. The minimum atomic E-state index is -0.683. The van der Waals surface area contributed by atoms with Gasteiger partial charge in [0.1, 0.15) is 23.9 Å². The monoisotopic (exact) mass is 411 g/mol. The molecule has 1 aliphatic rings. The van der Waals surface area contributed by atoms with Crippen molar-refractivity contribution in [3.05, 3.63) is 53.6 Å². The topological polar surface area (TPSA) is 68.2 Å². The van der Waals surface area contributed by atoms with Gasteiger partial charge in [-0.3, -0.25) is 9.69 Å². The summed E-state index contributed by atoms with van der Waals surface area (Å²) in [4.78, 5) is 13.3. The van der Waals surface area contributed by atoms with Crippen molar-refractivity contribution < 1.29 is 24.1 Å². The van der Waals surface area contributed by atoms with E-state index in [4.69, 9.17) is 19.3 Å². The fourth-order valence-corrected chi connectivity index (χ4v) is 3.49. The molecule has 0 saturated carbocycles. The standard InChI is InChI=1S/C24H29NO5/c1-28-21-7-5-18(6-8-21)3-4-19-15-22(29-2)17-23(16-19)30-14-13-25-11-9-20(10-12-25)24(26)27/h3-8,15-17,20H,9-14H2,1-2H3,(H,26,27)/b4-3+. The largest absolute Gasteiger partial charge is 0.497 e. The molecule has 0 bridgehead atoms. The first-order valence-corrected chi connectivity index (χ1v) is 10.2.